The van der Waals surface area contributed by atoms with Gasteiger partial charge in [0.1, 0.15) is 5.75 Å². The van der Waals surface area contributed by atoms with Crippen molar-refractivity contribution in [2.24, 2.45) is 0 Å². The summed E-state index contributed by atoms with van der Waals surface area (Å²) in [6.45, 7) is 7.61. The lowest BCUT2D eigenvalue weighted by Crippen LogP contribution is -2.14. The van der Waals surface area contributed by atoms with Gasteiger partial charge in [-0.25, -0.2) is 8.42 Å². The summed E-state index contributed by atoms with van der Waals surface area (Å²) in [5.74, 6) is 0.712. The van der Waals surface area contributed by atoms with Gasteiger partial charge in [0.05, 0.1) is 11.0 Å². The summed E-state index contributed by atoms with van der Waals surface area (Å²) >= 11 is 0. The van der Waals surface area contributed by atoms with Crippen molar-refractivity contribution in [3.8, 4) is 5.75 Å². The number of nitrogens with one attached hydrogen (secondary N) is 1. The first kappa shape index (κ1) is 16.4. The lowest BCUT2D eigenvalue weighted by atomic mass is 10.2. The zero-order chi connectivity index (χ0) is 16.3. The third kappa shape index (κ3) is 4.01. The number of rotatable bonds is 5. The van der Waals surface area contributed by atoms with Crippen molar-refractivity contribution in [1.29, 1.82) is 0 Å². The van der Waals surface area contributed by atoms with Crippen LogP contribution in [0.5, 0.6) is 5.75 Å². The van der Waals surface area contributed by atoms with Crippen molar-refractivity contribution in [2.45, 2.75) is 38.7 Å². The predicted molar refractivity (Wildman–Crippen MR) is 88.9 cm³/mol. The summed E-state index contributed by atoms with van der Waals surface area (Å²) in [6.07, 6.45) is 0.0812. The zero-order valence-electron chi connectivity index (χ0n) is 13.3. The molecule has 0 amide bonds. The maximum Gasteiger partial charge on any atom is 0.262 e. The standard InChI is InChI=1S/C17H21NO3S/c1-12(2)21-16-8-6-15(7-9-16)18-22(19,20)17-10-5-13(3)11-14(17)4/h5-12,18H,1-4H3. The fourth-order valence-corrected chi connectivity index (χ4v) is 3.47. The average Bonchev–Trinajstić information content (AvgIpc) is 2.39. The van der Waals surface area contributed by atoms with E-state index >= 15 is 0 Å². The number of ether oxygens (including phenoxy) is 1. The highest BCUT2D eigenvalue weighted by atomic mass is 32.2. The number of hydrogen-bond donors (Lipinski definition) is 1. The summed E-state index contributed by atoms with van der Waals surface area (Å²) in [6, 6.07) is 12.2. The molecule has 0 atom stereocenters. The van der Waals surface area contributed by atoms with Crippen LogP contribution in [0.15, 0.2) is 47.4 Å². The third-order valence-electron chi connectivity index (χ3n) is 3.10. The molecular formula is C17H21NO3S. The van der Waals surface area contributed by atoms with E-state index in [1.165, 1.54) is 0 Å². The summed E-state index contributed by atoms with van der Waals surface area (Å²) in [7, 11) is -3.59. The Hall–Kier alpha value is -2.01. The van der Waals surface area contributed by atoms with E-state index < -0.39 is 10.0 Å². The Kier molecular flexibility index (Phi) is 4.76. The molecule has 118 valence electrons. The molecule has 0 bridgehead atoms. The lowest BCUT2D eigenvalue weighted by Gasteiger charge is -2.13. The van der Waals surface area contributed by atoms with Gasteiger partial charge in [0.15, 0.2) is 0 Å². The quantitative estimate of drug-likeness (QED) is 0.909. The molecule has 0 heterocycles. The second-order valence-corrected chi connectivity index (χ2v) is 7.22. The molecule has 0 fully saturated rings. The highest BCUT2D eigenvalue weighted by Crippen LogP contribution is 2.22. The van der Waals surface area contributed by atoms with Crippen LogP contribution in [0.3, 0.4) is 0 Å². The minimum atomic E-state index is -3.59. The maximum atomic E-state index is 12.5. The Morgan fingerprint density at radius 2 is 1.64 bits per heavy atom. The van der Waals surface area contributed by atoms with E-state index in [0.29, 0.717) is 16.3 Å². The molecule has 22 heavy (non-hydrogen) atoms. The second-order valence-electron chi connectivity index (χ2n) is 5.57. The van der Waals surface area contributed by atoms with Gasteiger partial charge in [0, 0.05) is 5.69 Å². The molecule has 0 unspecified atom stereocenters. The Labute approximate surface area is 132 Å². The Bertz CT molecular complexity index is 750. The molecule has 0 spiro atoms. The number of anilines is 1. The Morgan fingerprint density at radius 3 is 2.18 bits per heavy atom. The maximum absolute atomic E-state index is 12.5. The van der Waals surface area contributed by atoms with Gasteiger partial charge in [-0.15, -0.1) is 0 Å². The van der Waals surface area contributed by atoms with E-state index in [9.17, 15) is 8.42 Å². The molecule has 2 rings (SSSR count). The van der Waals surface area contributed by atoms with Gasteiger partial charge in [-0.05, 0) is 63.6 Å². The van der Waals surface area contributed by atoms with E-state index in [2.05, 4.69) is 4.72 Å². The van der Waals surface area contributed by atoms with Crippen LogP contribution in [-0.2, 0) is 10.0 Å². The monoisotopic (exact) mass is 319 g/mol. The highest BCUT2D eigenvalue weighted by Gasteiger charge is 2.16. The Balaban J connectivity index is 2.21. The minimum Gasteiger partial charge on any atom is -0.491 e. The fourth-order valence-electron chi connectivity index (χ4n) is 2.18. The van der Waals surface area contributed by atoms with Crippen LogP contribution in [0.1, 0.15) is 25.0 Å². The molecule has 2 aromatic rings. The summed E-state index contributed by atoms with van der Waals surface area (Å²) in [5, 5.41) is 0. The number of hydrogen-bond acceptors (Lipinski definition) is 3. The topological polar surface area (TPSA) is 55.4 Å². The molecule has 0 aromatic heterocycles. The Morgan fingerprint density at radius 1 is 1.00 bits per heavy atom. The number of benzene rings is 2. The van der Waals surface area contributed by atoms with Gasteiger partial charge >= 0.3 is 0 Å². The molecule has 5 heteroatoms. The molecule has 1 N–H and O–H groups in total. The highest BCUT2D eigenvalue weighted by molar-refractivity contribution is 7.92. The van der Waals surface area contributed by atoms with Crippen LogP contribution in [0.2, 0.25) is 0 Å². The van der Waals surface area contributed by atoms with Crippen LogP contribution >= 0.6 is 0 Å². The van der Waals surface area contributed by atoms with E-state index in [1.807, 2.05) is 26.8 Å². The van der Waals surface area contributed by atoms with E-state index in [1.54, 1.807) is 43.3 Å². The van der Waals surface area contributed by atoms with Crippen LogP contribution < -0.4 is 9.46 Å². The van der Waals surface area contributed by atoms with Gasteiger partial charge in [-0.2, -0.15) is 0 Å². The largest absolute Gasteiger partial charge is 0.491 e. The van der Waals surface area contributed by atoms with Crippen LogP contribution in [0, 0.1) is 13.8 Å². The van der Waals surface area contributed by atoms with Gasteiger partial charge in [0.25, 0.3) is 10.0 Å². The second kappa shape index (κ2) is 6.40. The minimum absolute atomic E-state index is 0.0812. The summed E-state index contributed by atoms with van der Waals surface area (Å²) in [5.41, 5.74) is 2.27. The van der Waals surface area contributed by atoms with Gasteiger partial charge < -0.3 is 4.74 Å². The zero-order valence-corrected chi connectivity index (χ0v) is 14.1. The van der Waals surface area contributed by atoms with Crippen molar-refractivity contribution in [1.82, 2.24) is 0 Å². The molecule has 2 aromatic carbocycles. The van der Waals surface area contributed by atoms with Crippen molar-refractivity contribution in [2.75, 3.05) is 4.72 Å². The van der Waals surface area contributed by atoms with Gasteiger partial charge in [-0.1, -0.05) is 17.7 Å². The molecule has 0 aliphatic heterocycles. The molecular weight excluding hydrogens is 298 g/mol. The molecule has 0 saturated carbocycles. The van der Waals surface area contributed by atoms with Crippen molar-refractivity contribution < 1.29 is 13.2 Å². The average molecular weight is 319 g/mol. The van der Waals surface area contributed by atoms with Crippen molar-refractivity contribution in [3.63, 3.8) is 0 Å². The molecule has 0 aliphatic rings. The fraction of sp³-hybridized carbons (Fsp3) is 0.294. The smallest absolute Gasteiger partial charge is 0.262 e. The SMILES string of the molecule is Cc1ccc(S(=O)(=O)Nc2ccc(OC(C)C)cc2)c(C)c1. The van der Waals surface area contributed by atoms with Crippen LogP contribution in [0.4, 0.5) is 5.69 Å². The summed E-state index contributed by atoms with van der Waals surface area (Å²) in [4.78, 5) is 0.292. The first-order valence-electron chi connectivity index (χ1n) is 7.15. The third-order valence-corrected chi connectivity index (χ3v) is 4.64. The van der Waals surface area contributed by atoms with Crippen molar-refractivity contribution >= 4 is 15.7 Å². The lowest BCUT2D eigenvalue weighted by molar-refractivity contribution is 0.242. The molecule has 0 saturated heterocycles. The van der Waals surface area contributed by atoms with Crippen molar-refractivity contribution in [3.05, 3.63) is 53.6 Å². The van der Waals surface area contributed by atoms with E-state index in [0.717, 1.165) is 11.1 Å². The number of aryl methyl sites for hydroxylation is 2. The molecule has 0 aliphatic carbocycles. The van der Waals surface area contributed by atoms with Crippen LogP contribution in [0.25, 0.3) is 0 Å². The van der Waals surface area contributed by atoms with Gasteiger partial charge in [0.2, 0.25) is 0 Å². The normalized spacial score (nSPS) is 11.5. The molecule has 0 radical (unpaired) electrons. The van der Waals surface area contributed by atoms with E-state index in [4.69, 9.17) is 4.74 Å². The summed E-state index contributed by atoms with van der Waals surface area (Å²) < 4.78 is 33.0. The first-order valence-corrected chi connectivity index (χ1v) is 8.63. The van der Waals surface area contributed by atoms with Gasteiger partial charge in [-0.3, -0.25) is 4.72 Å². The predicted octanol–water partition coefficient (Wildman–Crippen LogP) is 3.89. The number of sulfonamides is 1. The molecule has 4 nitrogen and oxygen atoms in total. The van der Waals surface area contributed by atoms with E-state index in [-0.39, 0.29) is 6.10 Å². The van der Waals surface area contributed by atoms with Crippen LogP contribution in [-0.4, -0.2) is 14.5 Å². The first-order chi connectivity index (χ1) is 10.3.